The first-order valence-electron chi connectivity index (χ1n) is 19.0. The summed E-state index contributed by atoms with van der Waals surface area (Å²) in [6.45, 7) is 0. The highest BCUT2D eigenvalue weighted by atomic mass is 16.3. The van der Waals surface area contributed by atoms with E-state index in [0.717, 1.165) is 72.2 Å². The fraction of sp³-hybridized carbons (Fsp3) is 0. The molecule has 260 valence electrons. The molecule has 0 radical (unpaired) electrons. The molecule has 0 aliphatic heterocycles. The Morgan fingerprint density at radius 3 is 1.62 bits per heavy atom. The fourth-order valence-electron chi connectivity index (χ4n) is 8.83. The molecule has 0 spiro atoms. The molecule has 3 heterocycles. The summed E-state index contributed by atoms with van der Waals surface area (Å²) in [5, 5.41) is 9.50. The SMILES string of the molecule is c1ccc(-c2ccc(-c3nc4ccccc4nc3-c3ccc(-n4c5ccccc5c5c6ccccc6c6c(oc7ccc8ccccc8c76)c54)cc3)cc2)cc1. The fourth-order valence-corrected chi connectivity index (χ4v) is 8.83. The van der Waals surface area contributed by atoms with E-state index in [9.17, 15) is 0 Å². The molecule has 0 bridgehead atoms. The van der Waals surface area contributed by atoms with Gasteiger partial charge in [0.2, 0.25) is 0 Å². The molecule has 0 atom stereocenters. The molecule has 0 saturated carbocycles. The van der Waals surface area contributed by atoms with Crippen molar-refractivity contribution < 1.29 is 4.42 Å². The van der Waals surface area contributed by atoms with Crippen molar-refractivity contribution in [3.8, 4) is 39.3 Å². The van der Waals surface area contributed by atoms with E-state index in [4.69, 9.17) is 14.4 Å². The van der Waals surface area contributed by atoms with E-state index in [1.165, 1.54) is 43.4 Å². The zero-order chi connectivity index (χ0) is 36.7. The first-order chi connectivity index (χ1) is 27.8. The smallest absolute Gasteiger partial charge is 0.160 e. The van der Waals surface area contributed by atoms with Gasteiger partial charge in [-0.3, -0.25) is 0 Å². The predicted molar refractivity (Wildman–Crippen MR) is 232 cm³/mol. The summed E-state index contributed by atoms with van der Waals surface area (Å²) in [5.41, 5.74) is 12.8. The second kappa shape index (κ2) is 12.0. The van der Waals surface area contributed by atoms with E-state index in [1.54, 1.807) is 0 Å². The summed E-state index contributed by atoms with van der Waals surface area (Å²) in [7, 11) is 0. The molecule has 0 aliphatic carbocycles. The van der Waals surface area contributed by atoms with E-state index in [2.05, 4.69) is 162 Å². The van der Waals surface area contributed by atoms with Gasteiger partial charge in [-0.05, 0) is 69.1 Å². The second-order valence-corrected chi connectivity index (χ2v) is 14.5. The maximum Gasteiger partial charge on any atom is 0.160 e. The van der Waals surface area contributed by atoms with Crippen LogP contribution < -0.4 is 0 Å². The molecule has 9 aromatic carbocycles. The highest BCUT2D eigenvalue weighted by molar-refractivity contribution is 6.37. The molecule has 12 rings (SSSR count). The van der Waals surface area contributed by atoms with Gasteiger partial charge >= 0.3 is 0 Å². The molecule has 0 unspecified atom stereocenters. The Morgan fingerprint density at radius 2 is 0.911 bits per heavy atom. The monoisotopic (exact) mass is 713 g/mol. The third kappa shape index (κ3) is 4.53. The summed E-state index contributed by atoms with van der Waals surface area (Å²) in [4.78, 5) is 10.4. The van der Waals surface area contributed by atoms with Crippen LogP contribution in [0.25, 0.3) is 116 Å². The van der Waals surface area contributed by atoms with E-state index in [0.29, 0.717) is 0 Å². The minimum Gasteiger partial charge on any atom is -0.454 e. The lowest BCUT2D eigenvalue weighted by Crippen LogP contribution is -1.97. The Labute approximate surface area is 321 Å². The first-order valence-corrected chi connectivity index (χ1v) is 19.0. The van der Waals surface area contributed by atoms with Crippen molar-refractivity contribution in [3.63, 3.8) is 0 Å². The van der Waals surface area contributed by atoms with Crippen LogP contribution in [0, 0.1) is 0 Å². The summed E-state index contributed by atoms with van der Waals surface area (Å²) in [6.07, 6.45) is 0. The summed E-state index contributed by atoms with van der Waals surface area (Å²) >= 11 is 0. The van der Waals surface area contributed by atoms with Crippen LogP contribution in [0.4, 0.5) is 0 Å². The minimum absolute atomic E-state index is 0.850. The van der Waals surface area contributed by atoms with Crippen molar-refractivity contribution in [2.24, 2.45) is 0 Å². The van der Waals surface area contributed by atoms with E-state index < -0.39 is 0 Å². The average molecular weight is 714 g/mol. The van der Waals surface area contributed by atoms with E-state index >= 15 is 0 Å². The largest absolute Gasteiger partial charge is 0.454 e. The molecule has 0 amide bonds. The van der Waals surface area contributed by atoms with Gasteiger partial charge in [0, 0.05) is 38.4 Å². The van der Waals surface area contributed by atoms with Crippen LogP contribution in [0.15, 0.2) is 192 Å². The van der Waals surface area contributed by atoms with Gasteiger partial charge in [0.1, 0.15) is 5.58 Å². The van der Waals surface area contributed by atoms with Crippen molar-refractivity contribution in [3.05, 3.63) is 188 Å². The van der Waals surface area contributed by atoms with Gasteiger partial charge in [-0.1, -0.05) is 152 Å². The van der Waals surface area contributed by atoms with E-state index in [-0.39, 0.29) is 0 Å². The summed E-state index contributed by atoms with van der Waals surface area (Å²) < 4.78 is 9.35. The van der Waals surface area contributed by atoms with Crippen molar-refractivity contribution >= 4 is 76.3 Å². The molecule has 4 nitrogen and oxygen atoms in total. The van der Waals surface area contributed by atoms with Gasteiger partial charge in [0.25, 0.3) is 0 Å². The Bertz CT molecular complexity index is 3510. The number of rotatable bonds is 4. The van der Waals surface area contributed by atoms with Crippen LogP contribution in [-0.2, 0) is 0 Å². The molecular formula is C52H31N3O. The molecule has 0 fully saturated rings. The quantitative estimate of drug-likeness (QED) is 0.182. The van der Waals surface area contributed by atoms with E-state index in [1.807, 2.05) is 30.3 Å². The molecule has 4 heteroatoms. The van der Waals surface area contributed by atoms with Crippen LogP contribution in [-0.4, -0.2) is 14.5 Å². The molecule has 56 heavy (non-hydrogen) atoms. The predicted octanol–water partition coefficient (Wildman–Crippen LogP) is 13.9. The van der Waals surface area contributed by atoms with Crippen LogP contribution in [0.1, 0.15) is 0 Å². The lowest BCUT2D eigenvalue weighted by molar-refractivity contribution is 0.671. The van der Waals surface area contributed by atoms with Gasteiger partial charge in [0.15, 0.2) is 5.58 Å². The van der Waals surface area contributed by atoms with Crippen LogP contribution >= 0.6 is 0 Å². The molecule has 3 aromatic heterocycles. The number of nitrogens with zero attached hydrogens (tertiary/aromatic N) is 3. The second-order valence-electron chi connectivity index (χ2n) is 14.5. The highest BCUT2D eigenvalue weighted by Crippen LogP contribution is 2.47. The molecule has 0 N–H and O–H groups in total. The molecule has 0 saturated heterocycles. The maximum absolute atomic E-state index is 6.97. The van der Waals surface area contributed by atoms with Gasteiger partial charge in [-0.15, -0.1) is 0 Å². The highest BCUT2D eigenvalue weighted by Gasteiger charge is 2.24. The van der Waals surface area contributed by atoms with Crippen LogP contribution in [0.3, 0.4) is 0 Å². The number of furan rings is 1. The van der Waals surface area contributed by atoms with Crippen molar-refractivity contribution in [2.75, 3.05) is 0 Å². The summed E-state index contributed by atoms with van der Waals surface area (Å²) in [6, 6.07) is 66.4. The van der Waals surface area contributed by atoms with Crippen molar-refractivity contribution in [1.29, 1.82) is 0 Å². The molecular weight excluding hydrogens is 683 g/mol. The Kier molecular flexibility index (Phi) is 6.60. The lowest BCUT2D eigenvalue weighted by Gasteiger charge is -2.13. The van der Waals surface area contributed by atoms with Crippen molar-refractivity contribution in [1.82, 2.24) is 14.5 Å². The number of hydrogen-bond acceptors (Lipinski definition) is 3. The van der Waals surface area contributed by atoms with Gasteiger partial charge in [0.05, 0.1) is 33.5 Å². The Balaban J connectivity index is 1.09. The van der Waals surface area contributed by atoms with Gasteiger partial charge in [-0.2, -0.15) is 0 Å². The third-order valence-electron chi connectivity index (χ3n) is 11.4. The number of para-hydroxylation sites is 3. The van der Waals surface area contributed by atoms with Gasteiger partial charge < -0.3 is 8.98 Å². The number of aromatic nitrogens is 3. The Hall–Kier alpha value is -7.56. The normalized spacial score (nSPS) is 11.9. The summed E-state index contributed by atoms with van der Waals surface area (Å²) in [5.74, 6) is 0. The Morgan fingerprint density at radius 1 is 0.375 bits per heavy atom. The number of benzene rings is 9. The topological polar surface area (TPSA) is 43.9 Å². The standard InChI is InChI=1S/C52H31N3O/c1-2-12-32(13-3-1)33-22-24-35(25-23-33)49-50(54-43-20-10-9-19-42(43)53-49)36-26-29-37(30-27-36)55-44-21-11-8-18-41(44)46-39-16-6-7-17-40(39)48-47-38-15-5-4-14-34(38)28-31-45(47)56-52(48)51(46)55/h1-31H. The van der Waals surface area contributed by atoms with Crippen LogP contribution in [0.2, 0.25) is 0 Å². The van der Waals surface area contributed by atoms with Crippen LogP contribution in [0.5, 0.6) is 0 Å². The molecule has 12 aromatic rings. The zero-order valence-corrected chi connectivity index (χ0v) is 30.1. The zero-order valence-electron chi connectivity index (χ0n) is 30.1. The average Bonchev–Trinajstić information content (AvgIpc) is 3.84. The maximum atomic E-state index is 6.97. The molecule has 0 aliphatic rings. The minimum atomic E-state index is 0.850. The third-order valence-corrected chi connectivity index (χ3v) is 11.4. The lowest BCUT2D eigenvalue weighted by atomic mass is 9.96. The number of fused-ring (bicyclic) bond motifs is 13. The van der Waals surface area contributed by atoms with Crippen molar-refractivity contribution in [2.45, 2.75) is 0 Å². The van der Waals surface area contributed by atoms with Gasteiger partial charge in [-0.25, -0.2) is 9.97 Å². The number of hydrogen-bond donors (Lipinski definition) is 0. The first kappa shape index (κ1) is 30.9.